The van der Waals surface area contributed by atoms with Crippen molar-refractivity contribution in [2.24, 2.45) is 11.8 Å². The first-order valence-corrected chi connectivity index (χ1v) is 6.04. The number of hydrogen-bond donors (Lipinski definition) is 0. The minimum Gasteiger partial charge on any atom is -0.466 e. The molecule has 17 heteroatoms. The lowest BCUT2D eigenvalue weighted by Crippen LogP contribution is -2.06. The number of carbonyl (C=O) groups is 1. The first-order valence-electron chi connectivity index (χ1n) is 6.04. The van der Waals surface area contributed by atoms with Crippen LogP contribution in [0.1, 0.15) is 20.3 Å². The summed E-state index contributed by atoms with van der Waals surface area (Å²) in [7, 11) is -18.0. The zero-order chi connectivity index (χ0) is 20.4. The summed E-state index contributed by atoms with van der Waals surface area (Å²) in [5, 5.41) is 0. The van der Waals surface area contributed by atoms with Crippen molar-refractivity contribution >= 4 is 27.7 Å². The highest BCUT2D eigenvalue weighted by atomic mass is 19.5. The second kappa shape index (κ2) is 11.4. The Bertz CT molecular complexity index is 294. The lowest BCUT2D eigenvalue weighted by molar-refractivity contribution is -0.144. The van der Waals surface area contributed by atoms with E-state index in [1.807, 2.05) is 6.92 Å². The standard InChI is InChI=1S/C7H12O2.3BF4/c1-3-9-7(8)6-4-5(6)2;3*2-1(3,4)5/h5-6H,3-4H2,1-2H3;;;/q;3*-1. The van der Waals surface area contributed by atoms with Crippen LogP contribution in [-0.2, 0) is 9.53 Å². The number of esters is 1. The molecule has 0 aromatic rings. The summed E-state index contributed by atoms with van der Waals surface area (Å²) in [6.07, 6.45) is 1.03. The quantitative estimate of drug-likeness (QED) is 0.373. The fourth-order valence-corrected chi connectivity index (χ4v) is 0.900. The number of halogens is 12. The first-order chi connectivity index (χ1) is 10.3. The molecule has 148 valence electrons. The van der Waals surface area contributed by atoms with E-state index in [2.05, 4.69) is 6.92 Å². The smallest absolute Gasteiger partial charge is 0.466 e. The van der Waals surface area contributed by atoms with Crippen LogP contribution in [0.25, 0.3) is 0 Å². The molecule has 0 amide bonds. The van der Waals surface area contributed by atoms with E-state index < -0.39 is 21.8 Å². The van der Waals surface area contributed by atoms with Gasteiger partial charge in [0.05, 0.1) is 12.5 Å². The Hall–Kier alpha value is -1.18. The summed E-state index contributed by atoms with van der Waals surface area (Å²) < 4.78 is 122. The zero-order valence-electron chi connectivity index (χ0n) is 12.2. The summed E-state index contributed by atoms with van der Waals surface area (Å²) in [4.78, 5) is 10.8. The van der Waals surface area contributed by atoms with Crippen LogP contribution in [0.5, 0.6) is 0 Å². The third-order valence-electron chi connectivity index (χ3n) is 1.70. The van der Waals surface area contributed by atoms with Gasteiger partial charge < -0.3 is 56.5 Å². The predicted octanol–water partition coefficient (Wildman–Crippen LogP) is 5.11. The molecule has 1 aliphatic rings. The van der Waals surface area contributed by atoms with E-state index in [9.17, 15) is 56.6 Å². The van der Waals surface area contributed by atoms with Gasteiger partial charge in [-0.15, -0.1) is 0 Å². The van der Waals surface area contributed by atoms with E-state index in [1.54, 1.807) is 0 Å². The van der Waals surface area contributed by atoms with Gasteiger partial charge in [0.25, 0.3) is 0 Å². The van der Waals surface area contributed by atoms with E-state index in [-0.39, 0.29) is 11.9 Å². The monoisotopic (exact) mass is 389 g/mol. The van der Waals surface area contributed by atoms with Crippen molar-refractivity contribution in [2.45, 2.75) is 20.3 Å². The van der Waals surface area contributed by atoms with Gasteiger partial charge in [0.1, 0.15) is 0 Å². The zero-order valence-corrected chi connectivity index (χ0v) is 12.2. The largest absolute Gasteiger partial charge is 0.673 e. The molecule has 1 saturated carbocycles. The van der Waals surface area contributed by atoms with Gasteiger partial charge in [-0.2, -0.15) is 0 Å². The average molecular weight is 389 g/mol. The molecule has 2 unspecified atom stereocenters. The van der Waals surface area contributed by atoms with Crippen molar-refractivity contribution in [3.63, 3.8) is 0 Å². The van der Waals surface area contributed by atoms with Crippen LogP contribution in [0.2, 0.25) is 0 Å². The van der Waals surface area contributed by atoms with E-state index in [0.717, 1.165) is 6.42 Å². The summed E-state index contributed by atoms with van der Waals surface area (Å²) in [5.74, 6) is 0.791. The maximum Gasteiger partial charge on any atom is 0.673 e. The van der Waals surface area contributed by atoms with Crippen molar-refractivity contribution in [3.8, 4) is 0 Å². The van der Waals surface area contributed by atoms with Crippen molar-refractivity contribution in [1.82, 2.24) is 0 Å². The van der Waals surface area contributed by atoms with Gasteiger partial charge in [-0.3, -0.25) is 4.79 Å². The highest BCUT2D eigenvalue weighted by Crippen LogP contribution is 2.38. The predicted molar refractivity (Wildman–Crippen MR) is 64.5 cm³/mol. The van der Waals surface area contributed by atoms with Crippen LogP contribution in [-0.4, -0.2) is 34.3 Å². The van der Waals surface area contributed by atoms with Crippen LogP contribution >= 0.6 is 0 Å². The molecule has 0 spiro atoms. The Morgan fingerprint density at radius 2 is 1.04 bits per heavy atom. The SMILES string of the molecule is CCOC(=O)C1CC1C.F[B-](F)(F)F.F[B-](F)(F)F.F[B-](F)(F)F. The lowest BCUT2D eigenvalue weighted by atomic mass is 10.3. The van der Waals surface area contributed by atoms with E-state index in [0.29, 0.717) is 12.5 Å². The maximum absolute atomic E-state index is 10.8. The molecule has 1 rings (SSSR count). The van der Waals surface area contributed by atoms with Gasteiger partial charge in [0.15, 0.2) is 0 Å². The molecule has 2 atom stereocenters. The van der Waals surface area contributed by atoms with Gasteiger partial charge in [-0.25, -0.2) is 0 Å². The second-order valence-electron chi connectivity index (χ2n) is 4.06. The fraction of sp³-hybridized carbons (Fsp3) is 0.857. The van der Waals surface area contributed by atoms with Crippen molar-refractivity contribution < 1.29 is 61.3 Å². The molecule has 0 aliphatic heterocycles. The minimum absolute atomic E-state index is 0.00926. The molecule has 1 fully saturated rings. The number of ether oxygens (including phenoxy) is 1. The van der Waals surface area contributed by atoms with Gasteiger partial charge in [-0.05, 0) is 19.3 Å². The van der Waals surface area contributed by atoms with Crippen molar-refractivity contribution in [1.29, 1.82) is 0 Å². The van der Waals surface area contributed by atoms with Gasteiger partial charge >= 0.3 is 27.7 Å². The van der Waals surface area contributed by atoms with Crippen LogP contribution in [0.15, 0.2) is 0 Å². The molecule has 24 heavy (non-hydrogen) atoms. The third kappa shape index (κ3) is 58.5. The Kier molecular flexibility index (Phi) is 13.1. The second-order valence-corrected chi connectivity index (χ2v) is 4.06. The summed E-state index contributed by atoms with van der Waals surface area (Å²) in [6, 6.07) is 0. The Balaban J connectivity index is -0.000000259. The first kappa shape index (κ1) is 27.7. The van der Waals surface area contributed by atoms with Crippen molar-refractivity contribution in [3.05, 3.63) is 0 Å². The summed E-state index contributed by atoms with van der Waals surface area (Å²) in [5.41, 5.74) is 0. The Morgan fingerprint density at radius 1 is 0.833 bits per heavy atom. The van der Waals surface area contributed by atoms with Crippen molar-refractivity contribution in [2.75, 3.05) is 6.61 Å². The normalized spacial score (nSPS) is 19.4. The van der Waals surface area contributed by atoms with Crippen LogP contribution in [0.3, 0.4) is 0 Å². The van der Waals surface area contributed by atoms with E-state index >= 15 is 0 Å². The topological polar surface area (TPSA) is 26.3 Å². The Labute approximate surface area is 129 Å². The molecular formula is C7H12B3F12O2-3. The average Bonchev–Trinajstić information content (AvgIpc) is 2.87. The van der Waals surface area contributed by atoms with E-state index in [1.165, 1.54) is 0 Å². The van der Waals surface area contributed by atoms with Crippen LogP contribution < -0.4 is 0 Å². The van der Waals surface area contributed by atoms with Gasteiger partial charge in [0.2, 0.25) is 0 Å². The van der Waals surface area contributed by atoms with Gasteiger partial charge in [-0.1, -0.05) is 6.92 Å². The molecule has 0 bridgehead atoms. The van der Waals surface area contributed by atoms with E-state index in [4.69, 9.17) is 4.74 Å². The molecule has 0 radical (unpaired) electrons. The number of hydrogen-bond acceptors (Lipinski definition) is 2. The highest BCUT2D eigenvalue weighted by molar-refractivity contribution is 6.50. The molecule has 0 aromatic heterocycles. The molecular weight excluding hydrogens is 376 g/mol. The third-order valence-corrected chi connectivity index (χ3v) is 1.70. The number of rotatable bonds is 2. The molecule has 0 saturated heterocycles. The maximum atomic E-state index is 10.8. The fourth-order valence-electron chi connectivity index (χ4n) is 0.900. The highest BCUT2D eigenvalue weighted by Gasteiger charge is 2.40. The van der Waals surface area contributed by atoms with Crippen LogP contribution in [0, 0.1) is 11.8 Å². The van der Waals surface area contributed by atoms with Crippen LogP contribution in [0.4, 0.5) is 51.8 Å². The summed E-state index contributed by atoms with van der Waals surface area (Å²) >= 11 is 0. The minimum atomic E-state index is -6.00. The number of carbonyl (C=O) groups excluding carboxylic acids is 1. The molecule has 0 heterocycles. The molecule has 0 aromatic carbocycles. The summed E-state index contributed by atoms with van der Waals surface area (Å²) in [6.45, 7) is 4.43. The Morgan fingerprint density at radius 3 is 1.17 bits per heavy atom. The molecule has 2 nitrogen and oxygen atoms in total. The van der Waals surface area contributed by atoms with Gasteiger partial charge in [0, 0.05) is 0 Å². The molecule has 0 N–H and O–H groups in total. The molecule has 1 aliphatic carbocycles. The lowest BCUT2D eigenvalue weighted by Gasteiger charge is -1.96.